The van der Waals surface area contributed by atoms with Crippen LogP contribution in [0.4, 0.5) is 0 Å². The summed E-state index contributed by atoms with van der Waals surface area (Å²) in [6, 6.07) is 2.25. The van der Waals surface area contributed by atoms with Gasteiger partial charge in [-0.15, -0.1) is 12.4 Å². The molecule has 0 amide bonds. The zero-order valence-electron chi connectivity index (χ0n) is 7.36. The molecule has 2 N–H and O–H groups in total. The first-order valence-electron chi connectivity index (χ1n) is 3.62. The van der Waals surface area contributed by atoms with Gasteiger partial charge in [-0.3, -0.25) is 0 Å². The highest BCUT2D eigenvalue weighted by Crippen LogP contribution is 2.13. The van der Waals surface area contributed by atoms with E-state index in [2.05, 4.69) is 21.7 Å². The fourth-order valence-corrected chi connectivity index (χ4v) is 1.71. The van der Waals surface area contributed by atoms with Gasteiger partial charge in [-0.2, -0.15) is 11.3 Å². The van der Waals surface area contributed by atoms with E-state index < -0.39 is 0 Å². The van der Waals surface area contributed by atoms with Crippen LogP contribution in [0.3, 0.4) is 0 Å². The molecule has 0 radical (unpaired) electrons. The SMILES string of the molecule is CN(C)CC(N)c1ccsc1.Cl. The number of likely N-dealkylation sites (N-methyl/N-ethyl adjacent to an activating group) is 1. The summed E-state index contributed by atoms with van der Waals surface area (Å²) in [5.74, 6) is 0. The summed E-state index contributed by atoms with van der Waals surface area (Å²) in [6.45, 7) is 0.913. The molecule has 1 aromatic rings. The smallest absolute Gasteiger partial charge is 0.0432 e. The van der Waals surface area contributed by atoms with E-state index >= 15 is 0 Å². The van der Waals surface area contributed by atoms with Crippen LogP contribution in [0.25, 0.3) is 0 Å². The van der Waals surface area contributed by atoms with Crippen LogP contribution in [0.15, 0.2) is 16.8 Å². The molecule has 0 saturated heterocycles. The highest BCUT2D eigenvalue weighted by Gasteiger charge is 2.05. The first kappa shape index (κ1) is 11.9. The Balaban J connectivity index is 0.00000121. The number of hydrogen-bond donors (Lipinski definition) is 1. The Hall–Kier alpha value is -0.0900. The van der Waals surface area contributed by atoms with Gasteiger partial charge in [0.2, 0.25) is 0 Å². The molecule has 1 heterocycles. The molecule has 0 saturated carbocycles. The summed E-state index contributed by atoms with van der Waals surface area (Å²) >= 11 is 1.70. The van der Waals surface area contributed by atoms with E-state index in [0.29, 0.717) is 0 Å². The van der Waals surface area contributed by atoms with Crippen LogP contribution in [0.1, 0.15) is 11.6 Å². The summed E-state index contributed by atoms with van der Waals surface area (Å²) in [6.07, 6.45) is 0. The van der Waals surface area contributed by atoms with Crippen molar-refractivity contribution in [1.29, 1.82) is 0 Å². The average molecular weight is 207 g/mol. The van der Waals surface area contributed by atoms with Gasteiger partial charge in [-0.25, -0.2) is 0 Å². The van der Waals surface area contributed by atoms with Crippen molar-refractivity contribution in [2.75, 3.05) is 20.6 Å². The Labute approximate surface area is 83.8 Å². The second-order valence-electron chi connectivity index (χ2n) is 2.93. The zero-order valence-corrected chi connectivity index (χ0v) is 8.99. The van der Waals surface area contributed by atoms with E-state index in [1.165, 1.54) is 5.56 Å². The monoisotopic (exact) mass is 206 g/mol. The molecule has 1 rings (SSSR count). The van der Waals surface area contributed by atoms with Crippen LogP contribution in [0.2, 0.25) is 0 Å². The van der Waals surface area contributed by atoms with Gasteiger partial charge in [0.15, 0.2) is 0 Å². The topological polar surface area (TPSA) is 29.3 Å². The second kappa shape index (κ2) is 5.54. The van der Waals surface area contributed by atoms with Crippen molar-refractivity contribution in [3.05, 3.63) is 22.4 Å². The third kappa shape index (κ3) is 3.54. The molecule has 0 aliphatic carbocycles. The number of halogens is 1. The fourth-order valence-electron chi connectivity index (χ4n) is 0.985. The number of rotatable bonds is 3. The summed E-state index contributed by atoms with van der Waals surface area (Å²) < 4.78 is 0. The molecule has 0 aliphatic heterocycles. The first-order valence-corrected chi connectivity index (χ1v) is 4.57. The molecule has 0 spiro atoms. The van der Waals surface area contributed by atoms with Crippen LogP contribution in [0, 0.1) is 0 Å². The van der Waals surface area contributed by atoms with Crippen LogP contribution in [-0.2, 0) is 0 Å². The normalized spacial score (nSPS) is 12.7. The van der Waals surface area contributed by atoms with Crippen LogP contribution >= 0.6 is 23.7 Å². The quantitative estimate of drug-likeness (QED) is 0.817. The minimum atomic E-state index is 0. The van der Waals surface area contributed by atoms with E-state index in [1.54, 1.807) is 11.3 Å². The van der Waals surface area contributed by atoms with Crippen molar-refractivity contribution in [2.45, 2.75) is 6.04 Å². The largest absolute Gasteiger partial charge is 0.323 e. The fraction of sp³-hybridized carbons (Fsp3) is 0.500. The van der Waals surface area contributed by atoms with Crippen molar-refractivity contribution >= 4 is 23.7 Å². The van der Waals surface area contributed by atoms with E-state index in [9.17, 15) is 0 Å². The molecule has 12 heavy (non-hydrogen) atoms. The lowest BCUT2D eigenvalue weighted by molar-refractivity contribution is 0.377. The molecule has 1 aromatic heterocycles. The zero-order chi connectivity index (χ0) is 8.27. The molecule has 1 unspecified atom stereocenters. The Morgan fingerprint density at radius 3 is 2.67 bits per heavy atom. The van der Waals surface area contributed by atoms with Gasteiger partial charge in [0.25, 0.3) is 0 Å². The van der Waals surface area contributed by atoms with Gasteiger partial charge >= 0.3 is 0 Å². The lowest BCUT2D eigenvalue weighted by atomic mass is 10.1. The standard InChI is InChI=1S/C8H14N2S.ClH/c1-10(2)5-8(9)7-3-4-11-6-7;/h3-4,6,8H,5,9H2,1-2H3;1H. The highest BCUT2D eigenvalue weighted by atomic mass is 35.5. The second-order valence-corrected chi connectivity index (χ2v) is 3.71. The Morgan fingerprint density at radius 2 is 2.25 bits per heavy atom. The first-order chi connectivity index (χ1) is 5.20. The summed E-state index contributed by atoms with van der Waals surface area (Å²) in [5.41, 5.74) is 7.14. The maximum atomic E-state index is 5.91. The summed E-state index contributed by atoms with van der Waals surface area (Å²) in [4.78, 5) is 2.10. The van der Waals surface area contributed by atoms with Crippen molar-refractivity contribution in [1.82, 2.24) is 4.90 Å². The maximum Gasteiger partial charge on any atom is 0.0432 e. The molecule has 2 nitrogen and oxygen atoms in total. The maximum absolute atomic E-state index is 5.91. The Kier molecular flexibility index (Phi) is 5.50. The van der Waals surface area contributed by atoms with Crippen molar-refractivity contribution < 1.29 is 0 Å². The molecule has 0 aliphatic rings. The Morgan fingerprint density at radius 1 is 1.58 bits per heavy atom. The van der Waals surface area contributed by atoms with Gasteiger partial charge in [-0.05, 0) is 36.5 Å². The number of nitrogens with zero attached hydrogens (tertiary/aromatic N) is 1. The van der Waals surface area contributed by atoms with Gasteiger partial charge in [-0.1, -0.05) is 0 Å². The van der Waals surface area contributed by atoms with E-state index in [4.69, 9.17) is 5.73 Å². The van der Waals surface area contributed by atoms with Crippen molar-refractivity contribution in [2.24, 2.45) is 5.73 Å². The van der Waals surface area contributed by atoms with Crippen molar-refractivity contribution in [3.63, 3.8) is 0 Å². The number of nitrogens with two attached hydrogens (primary N) is 1. The van der Waals surface area contributed by atoms with Crippen molar-refractivity contribution in [3.8, 4) is 0 Å². The van der Waals surface area contributed by atoms with Gasteiger partial charge in [0, 0.05) is 12.6 Å². The van der Waals surface area contributed by atoms with Crippen LogP contribution in [-0.4, -0.2) is 25.5 Å². The predicted molar refractivity (Wildman–Crippen MR) is 57.0 cm³/mol. The third-order valence-electron chi connectivity index (χ3n) is 1.53. The van der Waals surface area contributed by atoms with E-state index in [-0.39, 0.29) is 18.4 Å². The molecule has 0 aromatic carbocycles. The molecule has 0 fully saturated rings. The van der Waals surface area contributed by atoms with E-state index in [1.807, 2.05) is 14.1 Å². The minimum Gasteiger partial charge on any atom is -0.323 e. The van der Waals surface area contributed by atoms with Crippen LogP contribution in [0.5, 0.6) is 0 Å². The molecule has 0 bridgehead atoms. The molecule has 4 heteroatoms. The number of hydrogen-bond acceptors (Lipinski definition) is 3. The highest BCUT2D eigenvalue weighted by molar-refractivity contribution is 7.07. The molecule has 1 atom stereocenters. The Bertz CT molecular complexity index is 199. The third-order valence-corrected chi connectivity index (χ3v) is 2.23. The minimum absolute atomic E-state index is 0. The van der Waals surface area contributed by atoms with Crippen LogP contribution < -0.4 is 5.73 Å². The molecular weight excluding hydrogens is 192 g/mol. The lowest BCUT2D eigenvalue weighted by Gasteiger charge is -2.15. The van der Waals surface area contributed by atoms with Gasteiger partial charge < -0.3 is 10.6 Å². The predicted octanol–water partition coefficient (Wildman–Crippen LogP) is 1.73. The van der Waals surface area contributed by atoms with Gasteiger partial charge in [0.1, 0.15) is 0 Å². The lowest BCUT2D eigenvalue weighted by Crippen LogP contribution is -2.25. The summed E-state index contributed by atoms with van der Waals surface area (Å²) in [5, 5.41) is 4.17. The number of thiophene rings is 1. The molecule has 70 valence electrons. The van der Waals surface area contributed by atoms with E-state index in [0.717, 1.165) is 6.54 Å². The summed E-state index contributed by atoms with van der Waals surface area (Å²) in [7, 11) is 4.07. The average Bonchev–Trinajstić information content (AvgIpc) is 2.35. The molecular formula is C8H15ClN2S. The van der Waals surface area contributed by atoms with Gasteiger partial charge in [0.05, 0.1) is 0 Å².